The van der Waals surface area contributed by atoms with E-state index in [-0.39, 0.29) is 17.7 Å². The van der Waals surface area contributed by atoms with E-state index in [0.29, 0.717) is 39.4 Å². The highest BCUT2D eigenvalue weighted by molar-refractivity contribution is 5.78. The molecule has 2 rings (SSSR count). The zero-order valence-corrected chi connectivity index (χ0v) is 18.5. The van der Waals surface area contributed by atoms with Crippen molar-refractivity contribution in [3.05, 3.63) is 0 Å². The van der Waals surface area contributed by atoms with Gasteiger partial charge in [-0.15, -0.1) is 0 Å². The van der Waals surface area contributed by atoms with Crippen molar-refractivity contribution in [2.45, 2.75) is 52.4 Å². The molecular weight excluding hydrogens is 370 g/mol. The fourth-order valence-corrected chi connectivity index (χ4v) is 4.13. The van der Waals surface area contributed by atoms with Crippen LogP contribution in [0.5, 0.6) is 0 Å². The highest BCUT2D eigenvalue weighted by Crippen LogP contribution is 2.20. The number of likely N-dealkylation sites (tertiary alicyclic amines) is 2. The van der Waals surface area contributed by atoms with Crippen molar-refractivity contribution in [3.8, 4) is 0 Å². The molecule has 0 saturated carbocycles. The number of carbonyl (C=O) groups is 2. The SMILES string of the molecule is CCC1CCN(C(=O)CCOCCOCCNC(=O)C2CCN(CC)CC2)CC1. The molecule has 0 unspecified atom stereocenters. The number of ether oxygens (including phenoxy) is 2. The summed E-state index contributed by atoms with van der Waals surface area (Å²) in [7, 11) is 0. The Morgan fingerprint density at radius 1 is 0.897 bits per heavy atom. The highest BCUT2D eigenvalue weighted by Gasteiger charge is 2.24. The molecule has 1 N–H and O–H groups in total. The van der Waals surface area contributed by atoms with Crippen molar-refractivity contribution >= 4 is 11.8 Å². The molecule has 0 atom stereocenters. The Morgan fingerprint density at radius 3 is 2.17 bits per heavy atom. The first-order valence-electron chi connectivity index (χ1n) is 11.6. The molecule has 29 heavy (non-hydrogen) atoms. The van der Waals surface area contributed by atoms with Gasteiger partial charge in [0.2, 0.25) is 11.8 Å². The molecule has 0 aliphatic carbocycles. The van der Waals surface area contributed by atoms with Crippen LogP contribution in [0.3, 0.4) is 0 Å². The van der Waals surface area contributed by atoms with Crippen LogP contribution in [0.2, 0.25) is 0 Å². The third-order valence-corrected chi connectivity index (χ3v) is 6.33. The zero-order valence-electron chi connectivity index (χ0n) is 18.5. The predicted octanol–water partition coefficient (Wildman–Crippen LogP) is 1.91. The molecule has 2 fully saturated rings. The fourth-order valence-electron chi connectivity index (χ4n) is 4.13. The molecule has 2 aliphatic heterocycles. The Kier molecular flexibility index (Phi) is 11.6. The Bertz CT molecular complexity index is 431. The summed E-state index contributed by atoms with van der Waals surface area (Å²) in [5, 5.41) is 2.97. The van der Waals surface area contributed by atoms with Crippen molar-refractivity contribution in [1.29, 1.82) is 0 Å². The van der Waals surface area contributed by atoms with Gasteiger partial charge < -0.3 is 24.6 Å². The maximum Gasteiger partial charge on any atom is 0.224 e. The van der Waals surface area contributed by atoms with E-state index in [9.17, 15) is 9.59 Å². The molecule has 2 heterocycles. The standard InChI is InChI=1S/C22H41N3O4/c1-3-19-5-13-25(14-6-19)21(26)9-15-28-17-18-29-16-10-23-22(27)20-7-11-24(4-2)12-8-20/h19-20H,3-18H2,1-2H3,(H,23,27). The van der Waals surface area contributed by atoms with Gasteiger partial charge in [-0.05, 0) is 51.2 Å². The number of hydrogen-bond donors (Lipinski definition) is 1. The van der Waals surface area contributed by atoms with E-state index in [4.69, 9.17) is 9.47 Å². The lowest BCUT2D eigenvalue weighted by Crippen LogP contribution is -2.41. The van der Waals surface area contributed by atoms with Gasteiger partial charge in [0.15, 0.2) is 0 Å². The summed E-state index contributed by atoms with van der Waals surface area (Å²) >= 11 is 0. The average molecular weight is 412 g/mol. The lowest BCUT2D eigenvalue weighted by atomic mass is 9.94. The van der Waals surface area contributed by atoms with Crippen LogP contribution in [-0.2, 0) is 19.1 Å². The fraction of sp³-hybridized carbons (Fsp3) is 0.909. The van der Waals surface area contributed by atoms with Crippen LogP contribution in [0.25, 0.3) is 0 Å². The minimum absolute atomic E-state index is 0.145. The number of rotatable bonds is 12. The van der Waals surface area contributed by atoms with E-state index in [1.54, 1.807) is 0 Å². The summed E-state index contributed by atoms with van der Waals surface area (Å²) in [6.45, 7) is 11.7. The summed E-state index contributed by atoms with van der Waals surface area (Å²) in [5.41, 5.74) is 0. The Morgan fingerprint density at radius 2 is 1.55 bits per heavy atom. The van der Waals surface area contributed by atoms with Crippen molar-refractivity contribution in [2.24, 2.45) is 11.8 Å². The molecule has 2 amide bonds. The predicted molar refractivity (Wildman–Crippen MR) is 114 cm³/mol. The second-order valence-corrected chi connectivity index (χ2v) is 8.21. The normalized spacial score (nSPS) is 19.4. The quantitative estimate of drug-likeness (QED) is 0.497. The molecule has 7 nitrogen and oxygen atoms in total. The van der Waals surface area contributed by atoms with Crippen LogP contribution in [-0.4, -0.2) is 87.3 Å². The van der Waals surface area contributed by atoms with Gasteiger partial charge in [-0.1, -0.05) is 20.3 Å². The summed E-state index contributed by atoms with van der Waals surface area (Å²) in [4.78, 5) is 28.7. The molecular formula is C22H41N3O4. The van der Waals surface area contributed by atoms with E-state index in [1.165, 1.54) is 6.42 Å². The smallest absolute Gasteiger partial charge is 0.224 e. The van der Waals surface area contributed by atoms with Crippen molar-refractivity contribution in [2.75, 3.05) is 65.7 Å². The summed E-state index contributed by atoms with van der Waals surface area (Å²) < 4.78 is 11.0. The maximum atomic E-state index is 12.2. The molecule has 0 aromatic heterocycles. The van der Waals surface area contributed by atoms with Crippen LogP contribution in [0.15, 0.2) is 0 Å². The number of nitrogens with zero attached hydrogens (tertiary/aromatic N) is 2. The minimum Gasteiger partial charge on any atom is -0.379 e. The van der Waals surface area contributed by atoms with Crippen LogP contribution >= 0.6 is 0 Å². The maximum absolute atomic E-state index is 12.2. The van der Waals surface area contributed by atoms with Gasteiger partial charge in [0.25, 0.3) is 0 Å². The van der Waals surface area contributed by atoms with Gasteiger partial charge in [-0.2, -0.15) is 0 Å². The Labute approximate surface area is 176 Å². The molecule has 0 radical (unpaired) electrons. The highest BCUT2D eigenvalue weighted by atomic mass is 16.5. The lowest BCUT2D eigenvalue weighted by molar-refractivity contribution is -0.133. The average Bonchev–Trinajstić information content (AvgIpc) is 2.77. The number of nitrogens with one attached hydrogen (secondary N) is 1. The Hall–Kier alpha value is -1.18. The zero-order chi connectivity index (χ0) is 20.9. The van der Waals surface area contributed by atoms with Gasteiger partial charge >= 0.3 is 0 Å². The van der Waals surface area contributed by atoms with Gasteiger partial charge in [-0.25, -0.2) is 0 Å². The summed E-state index contributed by atoms with van der Waals surface area (Å²) in [5.74, 6) is 1.28. The van der Waals surface area contributed by atoms with E-state index < -0.39 is 0 Å². The third-order valence-electron chi connectivity index (χ3n) is 6.33. The number of hydrogen-bond acceptors (Lipinski definition) is 5. The second-order valence-electron chi connectivity index (χ2n) is 8.21. The van der Waals surface area contributed by atoms with Crippen molar-refractivity contribution in [3.63, 3.8) is 0 Å². The molecule has 168 valence electrons. The molecule has 2 aliphatic rings. The number of amides is 2. The second kappa shape index (κ2) is 13.9. The van der Waals surface area contributed by atoms with Gasteiger partial charge in [0.05, 0.1) is 32.8 Å². The molecule has 0 aromatic carbocycles. The topological polar surface area (TPSA) is 71.1 Å². The van der Waals surface area contributed by atoms with Crippen molar-refractivity contribution in [1.82, 2.24) is 15.1 Å². The van der Waals surface area contributed by atoms with Crippen LogP contribution < -0.4 is 5.32 Å². The van der Waals surface area contributed by atoms with Crippen LogP contribution in [0.4, 0.5) is 0 Å². The molecule has 2 saturated heterocycles. The summed E-state index contributed by atoms with van der Waals surface area (Å²) in [6.07, 6.45) is 5.82. The largest absolute Gasteiger partial charge is 0.379 e. The third kappa shape index (κ3) is 9.01. The van der Waals surface area contributed by atoms with Gasteiger partial charge in [-0.3, -0.25) is 9.59 Å². The molecule has 0 bridgehead atoms. The first-order chi connectivity index (χ1) is 14.1. The van der Waals surface area contributed by atoms with E-state index in [2.05, 4.69) is 24.1 Å². The number of piperidine rings is 2. The minimum atomic E-state index is 0.145. The van der Waals surface area contributed by atoms with Crippen molar-refractivity contribution < 1.29 is 19.1 Å². The molecule has 0 spiro atoms. The van der Waals surface area contributed by atoms with Gasteiger partial charge in [0.1, 0.15) is 0 Å². The first kappa shape index (κ1) is 24.1. The first-order valence-corrected chi connectivity index (χ1v) is 11.6. The van der Waals surface area contributed by atoms with Crippen LogP contribution in [0, 0.1) is 11.8 Å². The molecule has 0 aromatic rings. The Balaban J connectivity index is 1.39. The van der Waals surface area contributed by atoms with E-state index in [1.807, 2.05) is 4.90 Å². The number of carbonyl (C=O) groups excluding carboxylic acids is 2. The lowest BCUT2D eigenvalue weighted by Gasteiger charge is -2.31. The van der Waals surface area contributed by atoms with E-state index in [0.717, 1.165) is 64.3 Å². The van der Waals surface area contributed by atoms with Gasteiger partial charge in [0, 0.05) is 25.6 Å². The monoisotopic (exact) mass is 411 g/mol. The molecule has 7 heteroatoms. The summed E-state index contributed by atoms with van der Waals surface area (Å²) in [6, 6.07) is 0. The van der Waals surface area contributed by atoms with Crippen LogP contribution in [0.1, 0.15) is 52.4 Å². The van der Waals surface area contributed by atoms with E-state index >= 15 is 0 Å².